The number of aromatic nitrogens is 1. The maximum atomic E-state index is 12.9. The first-order valence-corrected chi connectivity index (χ1v) is 10.6. The van der Waals surface area contributed by atoms with Gasteiger partial charge in [0.25, 0.3) is 5.91 Å². The molecule has 2 heterocycles. The van der Waals surface area contributed by atoms with Gasteiger partial charge in [-0.25, -0.2) is 5.43 Å². The van der Waals surface area contributed by atoms with E-state index in [1.54, 1.807) is 6.21 Å². The molecule has 1 amide bonds. The molecule has 6 heteroatoms. The lowest BCUT2D eigenvalue weighted by Crippen LogP contribution is -2.19. The Kier molecular flexibility index (Phi) is 6.16. The number of nitrogens with zero attached hydrogens (tertiary/aromatic N) is 2. The molecule has 1 N–H and O–H groups in total. The van der Waals surface area contributed by atoms with Gasteiger partial charge in [0, 0.05) is 17.3 Å². The largest absolute Gasteiger partial charge is 0.454 e. The minimum absolute atomic E-state index is 0.145. The van der Waals surface area contributed by atoms with Crippen LogP contribution in [0.5, 0.6) is 11.5 Å². The predicted molar refractivity (Wildman–Crippen MR) is 122 cm³/mol. The van der Waals surface area contributed by atoms with Gasteiger partial charge in [0.2, 0.25) is 6.79 Å². The van der Waals surface area contributed by atoms with Crippen molar-refractivity contribution in [1.29, 1.82) is 0 Å². The number of carbonyl (C=O) groups excluding carboxylic acids is 1. The van der Waals surface area contributed by atoms with E-state index in [-0.39, 0.29) is 18.6 Å². The van der Waals surface area contributed by atoms with Gasteiger partial charge in [-0.15, -0.1) is 0 Å². The van der Waals surface area contributed by atoms with E-state index in [1.807, 2.05) is 48.5 Å². The van der Waals surface area contributed by atoms with Crippen molar-refractivity contribution in [2.24, 2.45) is 16.9 Å². The third-order valence-electron chi connectivity index (χ3n) is 5.12. The Balaban J connectivity index is 1.44. The monoisotopic (exact) mass is 417 g/mol. The van der Waals surface area contributed by atoms with Gasteiger partial charge in [-0.05, 0) is 54.5 Å². The summed E-state index contributed by atoms with van der Waals surface area (Å²) in [6.07, 6.45) is 3.37. The molecule has 1 aromatic heterocycles. The highest BCUT2D eigenvalue weighted by atomic mass is 16.7. The standard InChI is InChI=1S/C25H27N3O3/c1-16(2)10-19-13-21(20-6-4-5-7-22(20)27-19)25(29)28-26-14-17(3)11-18-8-9-23-24(12-18)31-15-30-23/h4-9,12-14,16-17H,10-11,15H2,1-3H3,(H,28,29)/b26-14-/t17-/m0/s1. The summed E-state index contributed by atoms with van der Waals surface area (Å²) in [7, 11) is 0. The highest BCUT2D eigenvalue weighted by Gasteiger charge is 2.15. The first-order valence-electron chi connectivity index (χ1n) is 10.6. The molecule has 0 spiro atoms. The van der Waals surface area contributed by atoms with Crippen LogP contribution in [0.4, 0.5) is 0 Å². The highest BCUT2D eigenvalue weighted by Crippen LogP contribution is 2.33. The zero-order valence-electron chi connectivity index (χ0n) is 18.1. The Hall–Kier alpha value is -3.41. The molecule has 0 bridgehead atoms. The number of hydrazone groups is 1. The molecule has 0 saturated carbocycles. The van der Waals surface area contributed by atoms with E-state index in [1.165, 1.54) is 0 Å². The van der Waals surface area contributed by atoms with Crippen molar-refractivity contribution < 1.29 is 14.3 Å². The van der Waals surface area contributed by atoms with Crippen LogP contribution in [-0.4, -0.2) is 23.9 Å². The molecular weight excluding hydrogens is 390 g/mol. The summed E-state index contributed by atoms with van der Waals surface area (Å²) >= 11 is 0. The minimum Gasteiger partial charge on any atom is -0.454 e. The van der Waals surface area contributed by atoms with E-state index in [2.05, 4.69) is 31.3 Å². The Labute approximate surface area is 182 Å². The summed E-state index contributed by atoms with van der Waals surface area (Å²) < 4.78 is 10.8. The van der Waals surface area contributed by atoms with Crippen molar-refractivity contribution in [3.63, 3.8) is 0 Å². The van der Waals surface area contributed by atoms with Gasteiger partial charge < -0.3 is 9.47 Å². The molecule has 160 valence electrons. The normalized spacial score (nSPS) is 13.8. The quantitative estimate of drug-likeness (QED) is 0.444. The highest BCUT2D eigenvalue weighted by molar-refractivity contribution is 6.06. The Morgan fingerprint density at radius 2 is 1.90 bits per heavy atom. The SMILES string of the molecule is CC(C)Cc1cc(C(=O)N/N=C\[C@@H](C)Cc2ccc3c(c2)OCO3)c2ccccc2n1. The fourth-order valence-electron chi connectivity index (χ4n) is 3.72. The summed E-state index contributed by atoms with van der Waals surface area (Å²) in [4.78, 5) is 17.6. The molecule has 0 saturated heterocycles. The van der Waals surface area contributed by atoms with Crippen LogP contribution in [0.1, 0.15) is 42.4 Å². The van der Waals surface area contributed by atoms with Crippen LogP contribution in [0, 0.1) is 11.8 Å². The number of amides is 1. The van der Waals surface area contributed by atoms with Crippen LogP contribution >= 0.6 is 0 Å². The van der Waals surface area contributed by atoms with Crippen LogP contribution in [0.2, 0.25) is 0 Å². The zero-order valence-corrected chi connectivity index (χ0v) is 18.1. The number of ether oxygens (including phenoxy) is 2. The molecular formula is C25H27N3O3. The van der Waals surface area contributed by atoms with Gasteiger partial charge in [0.05, 0.1) is 11.1 Å². The van der Waals surface area contributed by atoms with Crippen molar-refractivity contribution in [2.45, 2.75) is 33.6 Å². The van der Waals surface area contributed by atoms with Crippen LogP contribution in [0.25, 0.3) is 10.9 Å². The van der Waals surface area contributed by atoms with Crippen LogP contribution in [-0.2, 0) is 12.8 Å². The molecule has 0 unspecified atom stereocenters. The second kappa shape index (κ2) is 9.16. The van der Waals surface area contributed by atoms with E-state index < -0.39 is 0 Å². The Morgan fingerprint density at radius 3 is 2.74 bits per heavy atom. The van der Waals surface area contributed by atoms with Gasteiger partial charge in [-0.3, -0.25) is 9.78 Å². The maximum absolute atomic E-state index is 12.9. The van der Waals surface area contributed by atoms with Crippen molar-refractivity contribution in [3.05, 3.63) is 65.4 Å². The fourth-order valence-corrected chi connectivity index (χ4v) is 3.72. The molecule has 0 radical (unpaired) electrons. The van der Waals surface area contributed by atoms with Crippen molar-refractivity contribution in [3.8, 4) is 11.5 Å². The summed E-state index contributed by atoms with van der Waals surface area (Å²) in [6.45, 7) is 6.61. The molecule has 31 heavy (non-hydrogen) atoms. The number of hydrogen-bond acceptors (Lipinski definition) is 5. The number of nitrogens with one attached hydrogen (secondary N) is 1. The third-order valence-corrected chi connectivity index (χ3v) is 5.12. The molecule has 1 atom stereocenters. The van der Waals surface area contributed by atoms with Gasteiger partial charge in [-0.2, -0.15) is 5.10 Å². The molecule has 4 rings (SSSR count). The van der Waals surface area contributed by atoms with Gasteiger partial charge in [-0.1, -0.05) is 45.0 Å². The molecule has 0 fully saturated rings. The number of benzene rings is 2. The predicted octanol–water partition coefficient (Wildman–Crippen LogP) is 4.76. The van der Waals surface area contributed by atoms with Crippen LogP contribution in [0.15, 0.2) is 53.6 Å². The van der Waals surface area contributed by atoms with E-state index in [9.17, 15) is 4.79 Å². The van der Waals surface area contributed by atoms with Gasteiger partial charge in [0.15, 0.2) is 11.5 Å². The summed E-state index contributed by atoms with van der Waals surface area (Å²) in [5.74, 6) is 1.93. The minimum atomic E-state index is -0.227. The van der Waals surface area contributed by atoms with Gasteiger partial charge in [0.1, 0.15) is 0 Å². The smallest absolute Gasteiger partial charge is 0.272 e. The first-order chi connectivity index (χ1) is 15.0. The fraction of sp³-hybridized carbons (Fsp3) is 0.320. The number of para-hydroxylation sites is 1. The summed E-state index contributed by atoms with van der Waals surface area (Å²) in [6, 6.07) is 15.5. The average molecular weight is 418 g/mol. The molecule has 6 nitrogen and oxygen atoms in total. The zero-order chi connectivity index (χ0) is 21.8. The molecule has 0 aliphatic carbocycles. The summed E-state index contributed by atoms with van der Waals surface area (Å²) in [5, 5.41) is 5.04. The van der Waals surface area contributed by atoms with E-state index in [0.717, 1.165) is 46.5 Å². The lowest BCUT2D eigenvalue weighted by atomic mass is 10.0. The number of rotatable bonds is 7. The second-order valence-corrected chi connectivity index (χ2v) is 8.36. The van der Waals surface area contributed by atoms with Crippen LogP contribution < -0.4 is 14.9 Å². The summed E-state index contributed by atoms with van der Waals surface area (Å²) in [5.41, 5.74) is 6.16. The molecule has 1 aliphatic heterocycles. The maximum Gasteiger partial charge on any atom is 0.272 e. The third kappa shape index (κ3) is 5.02. The lowest BCUT2D eigenvalue weighted by molar-refractivity contribution is 0.0956. The van der Waals surface area contributed by atoms with E-state index in [0.29, 0.717) is 11.5 Å². The second-order valence-electron chi connectivity index (χ2n) is 8.36. The number of hydrogen-bond donors (Lipinski definition) is 1. The average Bonchev–Trinajstić information content (AvgIpc) is 3.20. The molecule has 3 aromatic rings. The number of carbonyl (C=O) groups is 1. The first kappa shape index (κ1) is 20.8. The topological polar surface area (TPSA) is 72.8 Å². The van der Waals surface area contributed by atoms with E-state index in [4.69, 9.17) is 14.5 Å². The molecule has 1 aliphatic rings. The Bertz CT molecular complexity index is 1120. The number of pyridine rings is 1. The Morgan fingerprint density at radius 1 is 1.10 bits per heavy atom. The molecule has 2 aromatic carbocycles. The van der Waals surface area contributed by atoms with Crippen LogP contribution in [0.3, 0.4) is 0 Å². The van der Waals surface area contributed by atoms with E-state index >= 15 is 0 Å². The van der Waals surface area contributed by atoms with Gasteiger partial charge >= 0.3 is 0 Å². The van der Waals surface area contributed by atoms with Crippen molar-refractivity contribution in [1.82, 2.24) is 10.4 Å². The number of fused-ring (bicyclic) bond motifs is 2. The lowest BCUT2D eigenvalue weighted by Gasteiger charge is -2.10. The van der Waals surface area contributed by atoms with Crippen molar-refractivity contribution in [2.75, 3.05) is 6.79 Å². The van der Waals surface area contributed by atoms with Crippen molar-refractivity contribution >= 4 is 23.0 Å².